The summed E-state index contributed by atoms with van der Waals surface area (Å²) in [6, 6.07) is 0. The molecule has 244 valence electrons. The summed E-state index contributed by atoms with van der Waals surface area (Å²) in [7, 11) is 0. The van der Waals surface area contributed by atoms with Gasteiger partial charge in [-0.2, -0.15) is 0 Å². The summed E-state index contributed by atoms with van der Waals surface area (Å²) in [5.74, 6) is -0.698. The molecule has 0 radical (unpaired) electrons. The van der Waals surface area contributed by atoms with E-state index in [0.29, 0.717) is 12.8 Å². The Bertz CT molecular complexity index is 818. The number of unbranched alkanes of at least 4 members (excludes halogenated alkanes) is 9. The largest absolute Gasteiger partial charge is 0.462 e. The SMILES string of the molecule is CC/C=C/C/C=C/C/C=C/C/C=C/C/C=C/C/C=C/CCC(=O)O[C@@H](CO)COC(=O)CCCCCCCCCCCC. The van der Waals surface area contributed by atoms with Crippen molar-refractivity contribution in [3.63, 3.8) is 0 Å². The second kappa shape index (κ2) is 33.8. The number of allylic oxidation sites excluding steroid dienone is 12. The van der Waals surface area contributed by atoms with Crippen molar-refractivity contribution in [1.82, 2.24) is 0 Å². The summed E-state index contributed by atoms with van der Waals surface area (Å²) >= 11 is 0. The maximum absolute atomic E-state index is 12.1. The fourth-order valence-corrected chi connectivity index (χ4v) is 4.22. The average Bonchev–Trinajstić information content (AvgIpc) is 3.01. The number of carbonyl (C=O) groups excluding carboxylic acids is 2. The van der Waals surface area contributed by atoms with Crippen molar-refractivity contribution < 1.29 is 24.2 Å². The molecule has 1 N–H and O–H groups in total. The van der Waals surface area contributed by atoms with Crippen LogP contribution in [0.1, 0.15) is 136 Å². The van der Waals surface area contributed by atoms with Gasteiger partial charge in [0.05, 0.1) is 6.61 Å². The highest BCUT2D eigenvalue weighted by Gasteiger charge is 2.15. The molecule has 0 aromatic carbocycles. The smallest absolute Gasteiger partial charge is 0.306 e. The minimum absolute atomic E-state index is 0.0985. The second-order valence-corrected chi connectivity index (χ2v) is 10.9. The molecule has 0 saturated carbocycles. The number of hydrogen-bond acceptors (Lipinski definition) is 5. The van der Waals surface area contributed by atoms with Crippen LogP contribution in [0.3, 0.4) is 0 Å². The fourth-order valence-electron chi connectivity index (χ4n) is 4.22. The fraction of sp³-hybridized carbons (Fsp3) is 0.632. The second-order valence-electron chi connectivity index (χ2n) is 10.9. The molecule has 0 bridgehead atoms. The van der Waals surface area contributed by atoms with Crippen LogP contribution in [-0.4, -0.2) is 36.4 Å². The standard InChI is InChI=1S/C38H62O5/c1-3-5-7-9-11-13-15-16-17-18-19-20-21-22-23-25-27-29-31-33-38(41)43-36(34-39)35-42-37(40)32-30-28-26-24-14-12-10-8-6-4-2/h5,7,11,13,16-17,19-20,22-23,27,29,36,39H,3-4,6,8-10,12,14-15,18,21,24-26,28,30-35H2,1-2H3/b7-5+,13-11+,17-16+,20-19+,23-22+,29-27+/t36-/m0/s1. The number of aliphatic hydroxyl groups excluding tert-OH is 1. The van der Waals surface area contributed by atoms with Gasteiger partial charge >= 0.3 is 11.9 Å². The molecule has 0 saturated heterocycles. The number of hydrogen-bond donors (Lipinski definition) is 1. The third kappa shape index (κ3) is 32.1. The first-order valence-corrected chi connectivity index (χ1v) is 17.0. The lowest BCUT2D eigenvalue weighted by molar-refractivity contribution is -0.161. The van der Waals surface area contributed by atoms with Crippen molar-refractivity contribution in [2.75, 3.05) is 13.2 Å². The Morgan fingerprint density at radius 2 is 1.00 bits per heavy atom. The Labute approximate surface area is 263 Å². The van der Waals surface area contributed by atoms with Gasteiger partial charge < -0.3 is 14.6 Å². The van der Waals surface area contributed by atoms with Gasteiger partial charge in [-0.05, 0) is 51.4 Å². The van der Waals surface area contributed by atoms with Crippen molar-refractivity contribution in [1.29, 1.82) is 0 Å². The van der Waals surface area contributed by atoms with Crippen LogP contribution in [0.4, 0.5) is 0 Å². The molecule has 0 rings (SSSR count). The number of rotatable bonds is 29. The summed E-state index contributed by atoms with van der Waals surface area (Å²) < 4.78 is 10.5. The van der Waals surface area contributed by atoms with Gasteiger partial charge in [-0.25, -0.2) is 0 Å². The van der Waals surface area contributed by atoms with Crippen molar-refractivity contribution in [3.8, 4) is 0 Å². The van der Waals surface area contributed by atoms with E-state index in [1.807, 2.05) is 12.2 Å². The molecule has 0 fully saturated rings. The lowest BCUT2D eigenvalue weighted by Crippen LogP contribution is -2.28. The van der Waals surface area contributed by atoms with Gasteiger partial charge in [0.1, 0.15) is 6.61 Å². The minimum Gasteiger partial charge on any atom is -0.462 e. The van der Waals surface area contributed by atoms with Gasteiger partial charge in [0.25, 0.3) is 0 Å². The zero-order valence-electron chi connectivity index (χ0n) is 27.4. The quantitative estimate of drug-likeness (QED) is 0.0527. The van der Waals surface area contributed by atoms with E-state index in [4.69, 9.17) is 9.47 Å². The molecule has 0 aliphatic heterocycles. The Hall–Kier alpha value is -2.66. The van der Waals surface area contributed by atoms with Gasteiger partial charge in [-0.1, -0.05) is 145 Å². The molecule has 0 aliphatic carbocycles. The van der Waals surface area contributed by atoms with Crippen LogP contribution >= 0.6 is 0 Å². The van der Waals surface area contributed by atoms with E-state index in [9.17, 15) is 14.7 Å². The average molecular weight is 599 g/mol. The van der Waals surface area contributed by atoms with E-state index in [1.165, 1.54) is 44.9 Å². The first-order chi connectivity index (χ1) is 21.1. The zero-order valence-corrected chi connectivity index (χ0v) is 27.4. The highest BCUT2D eigenvalue weighted by Crippen LogP contribution is 2.12. The molecule has 0 aromatic heterocycles. The molecule has 5 nitrogen and oxygen atoms in total. The normalized spacial score (nSPS) is 13.1. The summed E-state index contributed by atoms with van der Waals surface area (Å²) in [6.45, 7) is 3.92. The first-order valence-electron chi connectivity index (χ1n) is 17.0. The zero-order chi connectivity index (χ0) is 31.5. The van der Waals surface area contributed by atoms with Crippen LogP contribution in [0, 0.1) is 0 Å². The van der Waals surface area contributed by atoms with Gasteiger partial charge in [0.2, 0.25) is 0 Å². The van der Waals surface area contributed by atoms with Crippen molar-refractivity contribution in [2.24, 2.45) is 0 Å². The Morgan fingerprint density at radius 1 is 0.558 bits per heavy atom. The van der Waals surface area contributed by atoms with Crippen molar-refractivity contribution in [2.45, 2.75) is 142 Å². The highest BCUT2D eigenvalue weighted by molar-refractivity contribution is 5.70. The highest BCUT2D eigenvalue weighted by atomic mass is 16.6. The molecule has 0 spiro atoms. The van der Waals surface area contributed by atoms with Crippen LogP contribution in [0.5, 0.6) is 0 Å². The molecule has 0 heterocycles. The Morgan fingerprint density at radius 3 is 1.47 bits per heavy atom. The number of aliphatic hydroxyl groups is 1. The predicted molar refractivity (Wildman–Crippen MR) is 182 cm³/mol. The van der Waals surface area contributed by atoms with Gasteiger partial charge in [0, 0.05) is 12.8 Å². The van der Waals surface area contributed by atoms with E-state index in [2.05, 4.69) is 74.6 Å². The third-order valence-corrected chi connectivity index (χ3v) is 6.78. The number of esters is 2. The molecule has 43 heavy (non-hydrogen) atoms. The van der Waals surface area contributed by atoms with Crippen molar-refractivity contribution in [3.05, 3.63) is 72.9 Å². The predicted octanol–water partition coefficient (Wildman–Crippen LogP) is 10.2. The van der Waals surface area contributed by atoms with Crippen molar-refractivity contribution >= 4 is 11.9 Å². The van der Waals surface area contributed by atoms with Crippen LogP contribution in [0.2, 0.25) is 0 Å². The molecular formula is C38H62O5. The van der Waals surface area contributed by atoms with E-state index in [-0.39, 0.29) is 25.6 Å². The summed E-state index contributed by atoms with van der Waals surface area (Å²) in [6.07, 6.45) is 43.9. The Kier molecular flexibility index (Phi) is 31.7. The van der Waals surface area contributed by atoms with Gasteiger partial charge in [-0.15, -0.1) is 0 Å². The monoisotopic (exact) mass is 598 g/mol. The van der Waals surface area contributed by atoms with Crippen LogP contribution < -0.4 is 0 Å². The maximum Gasteiger partial charge on any atom is 0.306 e. The van der Waals surface area contributed by atoms with E-state index >= 15 is 0 Å². The topological polar surface area (TPSA) is 72.8 Å². The van der Waals surface area contributed by atoms with Gasteiger partial charge in [0.15, 0.2) is 6.10 Å². The van der Waals surface area contributed by atoms with E-state index < -0.39 is 12.1 Å². The summed E-state index contributed by atoms with van der Waals surface area (Å²) in [5.41, 5.74) is 0. The molecule has 5 heteroatoms. The first kappa shape index (κ1) is 40.3. The van der Waals surface area contributed by atoms with Crippen LogP contribution in [-0.2, 0) is 19.1 Å². The lowest BCUT2D eigenvalue weighted by Gasteiger charge is -2.15. The van der Waals surface area contributed by atoms with E-state index in [1.54, 1.807) is 0 Å². The lowest BCUT2D eigenvalue weighted by atomic mass is 10.1. The molecule has 0 amide bonds. The molecule has 0 unspecified atom stereocenters. The third-order valence-electron chi connectivity index (χ3n) is 6.78. The van der Waals surface area contributed by atoms with Crippen LogP contribution in [0.15, 0.2) is 72.9 Å². The summed E-state index contributed by atoms with van der Waals surface area (Å²) in [5, 5.41) is 9.48. The number of ether oxygens (including phenoxy) is 2. The van der Waals surface area contributed by atoms with E-state index in [0.717, 1.165) is 57.8 Å². The van der Waals surface area contributed by atoms with Gasteiger partial charge in [-0.3, -0.25) is 9.59 Å². The molecule has 1 atom stereocenters. The number of carbonyl (C=O) groups is 2. The minimum atomic E-state index is -0.811. The molecular weight excluding hydrogens is 536 g/mol. The Balaban J connectivity index is 3.77. The molecule has 0 aliphatic rings. The maximum atomic E-state index is 12.1. The van der Waals surface area contributed by atoms with Crippen LogP contribution in [0.25, 0.3) is 0 Å². The molecule has 0 aromatic rings. The summed E-state index contributed by atoms with van der Waals surface area (Å²) in [4.78, 5) is 24.0.